The van der Waals surface area contributed by atoms with Gasteiger partial charge >= 0.3 is 0 Å². The van der Waals surface area contributed by atoms with Crippen molar-refractivity contribution in [2.75, 3.05) is 18.5 Å². The molecule has 1 N–H and O–H groups in total. The Bertz CT molecular complexity index is 639. The Morgan fingerprint density at radius 2 is 2.00 bits per heavy atom. The fraction of sp³-hybridized carbons (Fsp3) is 0.333. The van der Waals surface area contributed by atoms with E-state index in [2.05, 4.69) is 53.5 Å². The summed E-state index contributed by atoms with van der Waals surface area (Å²) in [6, 6.07) is 14.9. The average molecular weight is 301 g/mol. The number of halogens is 1. The minimum atomic E-state index is 0.640. The van der Waals surface area contributed by atoms with Gasteiger partial charge in [-0.1, -0.05) is 42.8 Å². The lowest BCUT2D eigenvalue weighted by Crippen LogP contribution is -2.31. The Hall–Kier alpha value is -1.51. The van der Waals surface area contributed by atoms with Gasteiger partial charge in [-0.2, -0.15) is 0 Å². The van der Waals surface area contributed by atoms with E-state index in [9.17, 15) is 0 Å². The molecule has 1 atom stereocenters. The number of hydrogen-bond donors (Lipinski definition) is 1. The predicted octanol–water partition coefficient (Wildman–Crippen LogP) is 4.39. The van der Waals surface area contributed by atoms with Gasteiger partial charge in [0.15, 0.2) is 0 Å². The number of anilines is 2. The minimum absolute atomic E-state index is 0.640. The molecule has 3 heteroatoms. The summed E-state index contributed by atoms with van der Waals surface area (Å²) in [5, 5.41) is 4.04. The fourth-order valence-corrected chi connectivity index (χ4v) is 3.32. The Labute approximate surface area is 131 Å². The van der Waals surface area contributed by atoms with Crippen molar-refractivity contribution >= 4 is 23.0 Å². The Balaban J connectivity index is 2.10. The number of nitrogens with one attached hydrogen (secondary N) is 1. The van der Waals surface area contributed by atoms with Crippen molar-refractivity contribution in [3.05, 3.63) is 58.6 Å². The van der Waals surface area contributed by atoms with Crippen molar-refractivity contribution in [2.24, 2.45) is 5.92 Å². The first-order valence-electron chi connectivity index (χ1n) is 7.47. The van der Waals surface area contributed by atoms with Crippen molar-refractivity contribution in [2.45, 2.75) is 19.9 Å². The highest BCUT2D eigenvalue weighted by Gasteiger charge is 2.24. The standard InChI is InChI=1S/C18H21ClN2/c1-13-9-14-5-3-4-6-17(14)21(12-13)18-10-16(19)8-7-15(18)11-20-2/h3-8,10,13,20H,9,11-12H2,1-2H3. The third kappa shape index (κ3) is 2.92. The van der Waals surface area contributed by atoms with E-state index in [0.717, 1.165) is 24.5 Å². The maximum absolute atomic E-state index is 6.25. The van der Waals surface area contributed by atoms with Crippen LogP contribution >= 0.6 is 11.6 Å². The average Bonchev–Trinajstić information content (AvgIpc) is 2.48. The molecule has 0 amide bonds. The first-order valence-corrected chi connectivity index (χ1v) is 7.85. The maximum Gasteiger partial charge on any atom is 0.0471 e. The topological polar surface area (TPSA) is 15.3 Å². The van der Waals surface area contributed by atoms with E-state index in [1.165, 1.54) is 22.5 Å². The van der Waals surface area contributed by atoms with Crippen LogP contribution in [0.3, 0.4) is 0 Å². The molecule has 0 saturated heterocycles. The molecule has 1 unspecified atom stereocenters. The van der Waals surface area contributed by atoms with Gasteiger partial charge in [0, 0.05) is 29.5 Å². The van der Waals surface area contributed by atoms with Crippen LogP contribution in [0.2, 0.25) is 5.02 Å². The molecule has 110 valence electrons. The summed E-state index contributed by atoms with van der Waals surface area (Å²) in [6.45, 7) is 4.19. The molecule has 0 radical (unpaired) electrons. The molecule has 0 bridgehead atoms. The predicted molar refractivity (Wildman–Crippen MR) is 90.5 cm³/mol. The number of benzene rings is 2. The third-order valence-corrected chi connectivity index (χ3v) is 4.29. The minimum Gasteiger partial charge on any atom is -0.341 e. The molecule has 2 aromatic rings. The first-order chi connectivity index (χ1) is 10.2. The highest BCUT2D eigenvalue weighted by atomic mass is 35.5. The van der Waals surface area contributed by atoms with Crippen molar-refractivity contribution in [1.29, 1.82) is 0 Å². The summed E-state index contributed by atoms with van der Waals surface area (Å²) < 4.78 is 0. The van der Waals surface area contributed by atoms with Crippen LogP contribution in [-0.4, -0.2) is 13.6 Å². The molecular formula is C18H21ClN2. The van der Waals surface area contributed by atoms with Crippen LogP contribution in [-0.2, 0) is 13.0 Å². The Kier molecular flexibility index (Phi) is 4.18. The van der Waals surface area contributed by atoms with E-state index >= 15 is 0 Å². The number of fused-ring (bicyclic) bond motifs is 1. The highest BCUT2D eigenvalue weighted by Crippen LogP contribution is 2.37. The highest BCUT2D eigenvalue weighted by molar-refractivity contribution is 6.30. The monoisotopic (exact) mass is 300 g/mol. The van der Waals surface area contributed by atoms with Crippen molar-refractivity contribution in [3.63, 3.8) is 0 Å². The van der Waals surface area contributed by atoms with Gasteiger partial charge in [0.1, 0.15) is 0 Å². The van der Waals surface area contributed by atoms with Crippen molar-refractivity contribution < 1.29 is 0 Å². The molecule has 3 rings (SSSR count). The zero-order valence-electron chi connectivity index (χ0n) is 12.6. The summed E-state index contributed by atoms with van der Waals surface area (Å²) in [5.41, 5.74) is 5.24. The zero-order chi connectivity index (χ0) is 14.8. The molecule has 2 nitrogen and oxygen atoms in total. The van der Waals surface area contributed by atoms with E-state index < -0.39 is 0 Å². The van der Waals surface area contributed by atoms with Gasteiger partial charge in [0.2, 0.25) is 0 Å². The second-order valence-electron chi connectivity index (χ2n) is 5.85. The van der Waals surface area contributed by atoms with Gasteiger partial charge < -0.3 is 10.2 Å². The van der Waals surface area contributed by atoms with Gasteiger partial charge in [-0.05, 0) is 48.7 Å². The van der Waals surface area contributed by atoms with Crippen LogP contribution in [0.4, 0.5) is 11.4 Å². The van der Waals surface area contributed by atoms with Crippen molar-refractivity contribution in [3.8, 4) is 0 Å². The normalized spacial score (nSPS) is 17.7. The van der Waals surface area contributed by atoms with E-state index in [4.69, 9.17) is 11.6 Å². The molecule has 1 aliphatic rings. The number of hydrogen-bond acceptors (Lipinski definition) is 2. The summed E-state index contributed by atoms with van der Waals surface area (Å²) in [4.78, 5) is 2.42. The Morgan fingerprint density at radius 1 is 1.19 bits per heavy atom. The Morgan fingerprint density at radius 3 is 2.81 bits per heavy atom. The van der Waals surface area contributed by atoms with E-state index in [1.807, 2.05) is 13.1 Å². The van der Waals surface area contributed by atoms with Crippen molar-refractivity contribution in [1.82, 2.24) is 5.32 Å². The van der Waals surface area contributed by atoms with Gasteiger partial charge in [-0.25, -0.2) is 0 Å². The lowest BCUT2D eigenvalue weighted by Gasteiger charge is -2.36. The van der Waals surface area contributed by atoms with Crippen LogP contribution in [0.15, 0.2) is 42.5 Å². The van der Waals surface area contributed by atoms with Gasteiger partial charge in [-0.15, -0.1) is 0 Å². The summed E-state index contributed by atoms with van der Waals surface area (Å²) in [7, 11) is 1.98. The van der Waals surface area contributed by atoms with E-state index in [-0.39, 0.29) is 0 Å². The molecule has 21 heavy (non-hydrogen) atoms. The van der Waals surface area contributed by atoms with Gasteiger partial charge in [0.05, 0.1) is 0 Å². The van der Waals surface area contributed by atoms with E-state index in [0.29, 0.717) is 5.92 Å². The second kappa shape index (κ2) is 6.08. The molecule has 0 aromatic heterocycles. The van der Waals surface area contributed by atoms with Crippen LogP contribution in [0.5, 0.6) is 0 Å². The second-order valence-corrected chi connectivity index (χ2v) is 6.29. The maximum atomic E-state index is 6.25. The molecule has 2 aromatic carbocycles. The van der Waals surface area contributed by atoms with Gasteiger partial charge in [-0.3, -0.25) is 0 Å². The summed E-state index contributed by atoms with van der Waals surface area (Å²) >= 11 is 6.25. The fourth-order valence-electron chi connectivity index (χ4n) is 3.15. The van der Waals surface area contributed by atoms with Crippen LogP contribution in [0.25, 0.3) is 0 Å². The number of rotatable bonds is 3. The molecule has 1 aliphatic heterocycles. The smallest absolute Gasteiger partial charge is 0.0471 e. The van der Waals surface area contributed by atoms with Crippen LogP contribution in [0.1, 0.15) is 18.1 Å². The molecule has 1 heterocycles. The quantitative estimate of drug-likeness (QED) is 0.904. The lowest BCUT2D eigenvalue weighted by molar-refractivity contribution is 0.561. The number of para-hydroxylation sites is 1. The zero-order valence-corrected chi connectivity index (χ0v) is 13.3. The molecule has 0 spiro atoms. The first kappa shape index (κ1) is 14.4. The summed E-state index contributed by atoms with van der Waals surface area (Å²) in [6.07, 6.45) is 1.15. The number of nitrogens with zero attached hydrogens (tertiary/aromatic N) is 1. The molecular weight excluding hydrogens is 280 g/mol. The lowest BCUT2D eigenvalue weighted by atomic mass is 9.93. The molecule has 0 saturated carbocycles. The summed E-state index contributed by atoms with van der Waals surface area (Å²) in [5.74, 6) is 0.640. The van der Waals surface area contributed by atoms with E-state index in [1.54, 1.807) is 0 Å². The molecule has 0 aliphatic carbocycles. The molecule has 0 fully saturated rings. The SMILES string of the molecule is CNCc1ccc(Cl)cc1N1CC(C)Cc2ccccc21. The van der Waals surface area contributed by atoms with Crippen LogP contribution in [0, 0.1) is 5.92 Å². The van der Waals surface area contributed by atoms with Crippen LogP contribution < -0.4 is 10.2 Å². The largest absolute Gasteiger partial charge is 0.341 e. The van der Waals surface area contributed by atoms with Gasteiger partial charge in [0.25, 0.3) is 0 Å². The third-order valence-electron chi connectivity index (χ3n) is 4.05.